The van der Waals surface area contributed by atoms with Crippen molar-refractivity contribution in [2.45, 2.75) is 70.4 Å². The Balaban J connectivity index is 1.66. The molecule has 2 fully saturated rings. The number of nitrogens with one attached hydrogen (secondary N) is 1. The van der Waals surface area contributed by atoms with Gasteiger partial charge in [0.25, 0.3) is 0 Å². The van der Waals surface area contributed by atoms with E-state index in [9.17, 15) is 4.79 Å². The minimum Gasteiger partial charge on any atom is -0.396 e. The summed E-state index contributed by atoms with van der Waals surface area (Å²) in [6.07, 6.45) is 9.25. The predicted octanol–water partition coefficient (Wildman–Crippen LogP) is 2.53. The minimum atomic E-state index is -0.00144. The molecule has 3 unspecified atom stereocenters. The lowest BCUT2D eigenvalue weighted by atomic mass is 9.88. The van der Waals surface area contributed by atoms with E-state index in [1.54, 1.807) is 0 Å². The Hall–Kier alpha value is -0.810. The summed E-state index contributed by atoms with van der Waals surface area (Å²) < 4.78 is 5.93. The van der Waals surface area contributed by atoms with Crippen molar-refractivity contribution >= 4 is 6.03 Å². The molecule has 22 heavy (non-hydrogen) atoms. The lowest BCUT2D eigenvalue weighted by Gasteiger charge is -2.35. The van der Waals surface area contributed by atoms with E-state index in [4.69, 9.17) is 9.84 Å². The van der Waals surface area contributed by atoms with Gasteiger partial charge in [-0.25, -0.2) is 4.79 Å². The maximum Gasteiger partial charge on any atom is 0.317 e. The molecule has 1 aliphatic carbocycles. The van der Waals surface area contributed by atoms with Gasteiger partial charge in [-0.05, 0) is 44.4 Å². The van der Waals surface area contributed by atoms with Crippen LogP contribution in [0.5, 0.6) is 0 Å². The molecule has 5 heteroatoms. The van der Waals surface area contributed by atoms with Crippen LogP contribution in [0.15, 0.2) is 0 Å². The van der Waals surface area contributed by atoms with Crippen LogP contribution in [0.1, 0.15) is 58.3 Å². The third kappa shape index (κ3) is 5.13. The van der Waals surface area contributed by atoms with Crippen molar-refractivity contribution in [2.75, 3.05) is 26.3 Å². The first-order valence-electron chi connectivity index (χ1n) is 8.99. The van der Waals surface area contributed by atoms with Gasteiger partial charge in [0.05, 0.1) is 12.7 Å². The van der Waals surface area contributed by atoms with Gasteiger partial charge in [0, 0.05) is 25.7 Å². The molecule has 1 aliphatic heterocycles. The van der Waals surface area contributed by atoms with E-state index >= 15 is 0 Å². The van der Waals surface area contributed by atoms with Gasteiger partial charge in [-0.2, -0.15) is 0 Å². The molecule has 0 aromatic rings. The molecule has 1 heterocycles. The Morgan fingerprint density at radius 2 is 2.00 bits per heavy atom. The maximum absolute atomic E-state index is 12.3. The molecule has 0 bridgehead atoms. The fourth-order valence-electron chi connectivity index (χ4n) is 3.72. The van der Waals surface area contributed by atoms with Crippen LogP contribution in [0.25, 0.3) is 0 Å². The molecule has 2 rings (SSSR count). The number of piperidine rings is 1. The van der Waals surface area contributed by atoms with Crippen LogP contribution in [-0.4, -0.2) is 54.5 Å². The molecule has 0 radical (unpaired) electrons. The number of rotatable bonds is 6. The molecule has 0 aromatic carbocycles. The van der Waals surface area contributed by atoms with Gasteiger partial charge < -0.3 is 20.1 Å². The molecule has 1 saturated heterocycles. The molecule has 128 valence electrons. The first kappa shape index (κ1) is 17.5. The molecule has 0 aromatic heterocycles. The van der Waals surface area contributed by atoms with E-state index in [0.717, 1.165) is 32.2 Å². The summed E-state index contributed by atoms with van der Waals surface area (Å²) in [5.41, 5.74) is 0. The first-order chi connectivity index (χ1) is 10.7. The topological polar surface area (TPSA) is 61.8 Å². The number of carbonyl (C=O) groups is 1. The van der Waals surface area contributed by atoms with E-state index in [1.165, 1.54) is 19.3 Å². The molecule has 2 aliphatic rings. The maximum atomic E-state index is 12.3. The number of ether oxygens (including phenoxy) is 1. The lowest BCUT2D eigenvalue weighted by molar-refractivity contribution is -0.00295. The third-order valence-electron chi connectivity index (χ3n) is 5.09. The average Bonchev–Trinajstić information content (AvgIpc) is 2.54. The van der Waals surface area contributed by atoms with Crippen LogP contribution in [-0.2, 0) is 4.74 Å². The normalized spacial score (nSPS) is 29.4. The monoisotopic (exact) mass is 312 g/mol. The van der Waals surface area contributed by atoms with Gasteiger partial charge in [0.2, 0.25) is 0 Å². The summed E-state index contributed by atoms with van der Waals surface area (Å²) in [5, 5.41) is 12.1. The lowest BCUT2D eigenvalue weighted by Crippen LogP contribution is -2.49. The second-order valence-electron chi connectivity index (χ2n) is 6.76. The van der Waals surface area contributed by atoms with Crippen molar-refractivity contribution in [3.05, 3.63) is 0 Å². The zero-order valence-corrected chi connectivity index (χ0v) is 13.9. The van der Waals surface area contributed by atoms with Crippen LogP contribution in [0.4, 0.5) is 4.79 Å². The van der Waals surface area contributed by atoms with Crippen molar-refractivity contribution in [1.29, 1.82) is 0 Å². The Bertz CT molecular complexity index is 336. The highest BCUT2D eigenvalue weighted by Crippen LogP contribution is 2.26. The fourth-order valence-corrected chi connectivity index (χ4v) is 3.72. The SMILES string of the molecule is CC1CCCCC1OCCNC(=O)N1CCCCC1CCO. The fraction of sp³-hybridized carbons (Fsp3) is 0.941. The molecular weight excluding hydrogens is 280 g/mol. The molecule has 2 amide bonds. The van der Waals surface area contributed by atoms with Crippen molar-refractivity contribution in [3.8, 4) is 0 Å². The van der Waals surface area contributed by atoms with Gasteiger partial charge in [-0.15, -0.1) is 0 Å². The number of hydrogen-bond donors (Lipinski definition) is 2. The molecule has 0 spiro atoms. The Kier molecular flexibility index (Phi) is 7.46. The number of amides is 2. The molecule has 1 saturated carbocycles. The number of likely N-dealkylation sites (tertiary alicyclic amines) is 1. The molecular formula is C17H32N2O3. The zero-order chi connectivity index (χ0) is 15.8. The summed E-state index contributed by atoms with van der Waals surface area (Å²) in [4.78, 5) is 14.2. The van der Waals surface area contributed by atoms with Crippen LogP contribution in [0.3, 0.4) is 0 Å². The smallest absolute Gasteiger partial charge is 0.317 e. The number of urea groups is 1. The van der Waals surface area contributed by atoms with Crippen molar-refractivity contribution in [2.24, 2.45) is 5.92 Å². The van der Waals surface area contributed by atoms with Gasteiger partial charge in [0.1, 0.15) is 0 Å². The third-order valence-corrected chi connectivity index (χ3v) is 5.09. The summed E-state index contributed by atoms with van der Waals surface area (Å²) in [7, 11) is 0. The van der Waals surface area contributed by atoms with Gasteiger partial charge in [-0.1, -0.05) is 19.8 Å². The van der Waals surface area contributed by atoms with Crippen molar-refractivity contribution < 1.29 is 14.6 Å². The number of hydrogen-bond acceptors (Lipinski definition) is 3. The highest BCUT2D eigenvalue weighted by molar-refractivity contribution is 5.74. The van der Waals surface area contributed by atoms with Crippen molar-refractivity contribution in [3.63, 3.8) is 0 Å². The molecule has 2 N–H and O–H groups in total. The largest absolute Gasteiger partial charge is 0.396 e. The van der Waals surface area contributed by atoms with Crippen LogP contribution < -0.4 is 5.32 Å². The number of carbonyl (C=O) groups excluding carboxylic acids is 1. The Labute approximate surface area is 134 Å². The summed E-state index contributed by atoms with van der Waals surface area (Å²) in [6.45, 7) is 4.38. The van der Waals surface area contributed by atoms with Crippen LogP contribution in [0, 0.1) is 5.92 Å². The number of aliphatic hydroxyl groups is 1. The van der Waals surface area contributed by atoms with E-state index in [2.05, 4.69) is 12.2 Å². The first-order valence-corrected chi connectivity index (χ1v) is 8.99. The quantitative estimate of drug-likeness (QED) is 0.741. The molecule has 3 atom stereocenters. The van der Waals surface area contributed by atoms with Crippen LogP contribution in [0.2, 0.25) is 0 Å². The summed E-state index contributed by atoms with van der Waals surface area (Å²) >= 11 is 0. The van der Waals surface area contributed by atoms with Gasteiger partial charge >= 0.3 is 6.03 Å². The second kappa shape index (κ2) is 9.36. The summed E-state index contributed by atoms with van der Waals surface area (Å²) in [6, 6.07) is 0.191. The summed E-state index contributed by atoms with van der Waals surface area (Å²) in [5.74, 6) is 0.639. The zero-order valence-electron chi connectivity index (χ0n) is 13.9. The van der Waals surface area contributed by atoms with Crippen LogP contribution >= 0.6 is 0 Å². The highest BCUT2D eigenvalue weighted by atomic mass is 16.5. The number of nitrogens with zero attached hydrogens (tertiary/aromatic N) is 1. The second-order valence-corrected chi connectivity index (χ2v) is 6.76. The highest BCUT2D eigenvalue weighted by Gasteiger charge is 2.26. The predicted molar refractivity (Wildman–Crippen MR) is 86.8 cm³/mol. The van der Waals surface area contributed by atoms with E-state index in [1.807, 2.05) is 4.90 Å². The van der Waals surface area contributed by atoms with Gasteiger partial charge in [-0.3, -0.25) is 0 Å². The van der Waals surface area contributed by atoms with Crippen molar-refractivity contribution in [1.82, 2.24) is 10.2 Å². The van der Waals surface area contributed by atoms with E-state index < -0.39 is 0 Å². The standard InChI is InChI=1S/C17H32N2O3/c1-14-6-2-3-8-16(14)22-13-10-18-17(21)19-11-5-4-7-15(19)9-12-20/h14-16,20H,2-13H2,1H3,(H,18,21). The Morgan fingerprint density at radius 1 is 1.23 bits per heavy atom. The Morgan fingerprint density at radius 3 is 2.77 bits per heavy atom. The minimum absolute atomic E-state index is 0.00144. The van der Waals surface area contributed by atoms with E-state index in [0.29, 0.717) is 31.6 Å². The van der Waals surface area contributed by atoms with Gasteiger partial charge in [0.15, 0.2) is 0 Å². The number of aliphatic hydroxyl groups excluding tert-OH is 1. The average molecular weight is 312 g/mol. The van der Waals surface area contributed by atoms with E-state index in [-0.39, 0.29) is 18.7 Å². The molecule has 5 nitrogen and oxygen atoms in total.